The molecule has 0 bridgehead atoms. The van der Waals surface area contributed by atoms with Crippen LogP contribution in [0.2, 0.25) is 0 Å². The molecule has 1 atom stereocenters. The highest BCUT2D eigenvalue weighted by Gasteiger charge is 2.25. The summed E-state index contributed by atoms with van der Waals surface area (Å²) in [5.41, 5.74) is 1.06. The minimum Gasteiger partial charge on any atom is -0.423 e. The van der Waals surface area contributed by atoms with Crippen LogP contribution >= 0.6 is 0 Å². The van der Waals surface area contributed by atoms with Gasteiger partial charge in [-0.05, 0) is 10.9 Å². The fraction of sp³-hybridized carbons (Fsp3) is 0.200. The molecule has 0 aliphatic rings. The molecule has 0 saturated heterocycles. The van der Waals surface area contributed by atoms with E-state index in [0.717, 1.165) is 0 Å². The first-order valence-corrected chi connectivity index (χ1v) is 7.25. The van der Waals surface area contributed by atoms with Crippen molar-refractivity contribution in [2.24, 2.45) is 0 Å². The second-order valence-electron chi connectivity index (χ2n) is 4.80. The van der Waals surface area contributed by atoms with Gasteiger partial charge in [0.15, 0.2) is 6.29 Å². The van der Waals surface area contributed by atoms with E-state index >= 15 is 0 Å². The number of aliphatic hydroxyl groups is 1. The van der Waals surface area contributed by atoms with Crippen molar-refractivity contribution >= 4 is 25.2 Å². The highest BCUT2D eigenvalue weighted by Crippen LogP contribution is 2.04. The van der Waals surface area contributed by atoms with E-state index in [9.17, 15) is 10.0 Å². The van der Waals surface area contributed by atoms with Crippen LogP contribution in [0.4, 0.5) is 0 Å². The Hall–Kier alpha value is -1.67. The molecule has 2 aromatic rings. The lowest BCUT2D eigenvalue weighted by Crippen LogP contribution is -2.41. The minimum absolute atomic E-state index is 0.0748. The fourth-order valence-electron chi connectivity index (χ4n) is 1.87. The molecule has 0 aromatic heterocycles. The van der Waals surface area contributed by atoms with E-state index in [1.165, 1.54) is 0 Å². The van der Waals surface area contributed by atoms with E-state index in [-0.39, 0.29) is 13.0 Å². The number of aliphatic hydroxyl groups excluding tert-OH is 1. The van der Waals surface area contributed by atoms with Gasteiger partial charge in [-0.15, -0.1) is 0 Å². The zero-order valence-electron chi connectivity index (χ0n) is 12.5. The van der Waals surface area contributed by atoms with E-state index in [2.05, 4.69) is 0 Å². The van der Waals surface area contributed by atoms with Gasteiger partial charge in [-0.25, -0.2) is 4.89 Å². The Morgan fingerprint density at radius 2 is 1.35 bits per heavy atom. The number of rotatable bonds is 9. The minimum atomic E-state index is -1.30. The van der Waals surface area contributed by atoms with Gasteiger partial charge in [0.25, 0.3) is 0 Å². The molecule has 8 heteroatoms. The monoisotopic (exact) mass is 316 g/mol. The van der Waals surface area contributed by atoms with Gasteiger partial charge >= 0.3 is 14.2 Å². The Morgan fingerprint density at radius 1 is 0.826 bits per heavy atom. The van der Waals surface area contributed by atoms with Crippen LogP contribution in [0.1, 0.15) is 6.42 Å². The van der Waals surface area contributed by atoms with Gasteiger partial charge in [0.1, 0.15) is 0 Å². The van der Waals surface area contributed by atoms with Crippen molar-refractivity contribution in [3.8, 4) is 0 Å². The van der Waals surface area contributed by atoms with Crippen molar-refractivity contribution in [3.63, 3.8) is 0 Å². The van der Waals surface area contributed by atoms with Gasteiger partial charge in [-0.2, -0.15) is 0 Å². The third-order valence-electron chi connectivity index (χ3n) is 3.07. The fourth-order valence-corrected chi connectivity index (χ4v) is 1.87. The summed E-state index contributed by atoms with van der Waals surface area (Å²) < 4.78 is 5.30. The first-order valence-electron chi connectivity index (χ1n) is 7.25. The summed E-state index contributed by atoms with van der Waals surface area (Å²) >= 11 is 0. The molecule has 3 N–H and O–H groups in total. The smallest absolute Gasteiger partial charge is 0.423 e. The van der Waals surface area contributed by atoms with Gasteiger partial charge in [-0.3, -0.25) is 4.81 Å². The van der Waals surface area contributed by atoms with Crippen LogP contribution in [-0.4, -0.2) is 42.3 Å². The highest BCUT2D eigenvalue weighted by molar-refractivity contribution is 6.60. The number of benzene rings is 2. The molecule has 0 saturated carbocycles. The molecule has 0 fully saturated rings. The molecular formula is C15H18B2O6. The largest absolute Gasteiger partial charge is 0.523 e. The zero-order chi connectivity index (χ0) is 16.5. The Bertz CT molecular complexity index is 556. The predicted molar refractivity (Wildman–Crippen MR) is 86.8 cm³/mol. The lowest BCUT2D eigenvalue weighted by atomic mass is 9.79. The Morgan fingerprint density at radius 3 is 1.87 bits per heavy atom. The maximum absolute atomic E-state index is 10.00. The van der Waals surface area contributed by atoms with Crippen LogP contribution in [-0.2, 0) is 14.3 Å². The van der Waals surface area contributed by atoms with Crippen molar-refractivity contribution in [2.75, 3.05) is 6.61 Å². The zero-order valence-corrected chi connectivity index (χ0v) is 12.5. The summed E-state index contributed by atoms with van der Waals surface area (Å²) in [7, 11) is -2.53. The molecule has 2 aromatic carbocycles. The summed E-state index contributed by atoms with van der Waals surface area (Å²) in [6, 6.07) is 17.4. The van der Waals surface area contributed by atoms with Crippen molar-refractivity contribution in [3.05, 3.63) is 60.7 Å². The molecular weight excluding hydrogens is 298 g/mol. The van der Waals surface area contributed by atoms with E-state index in [1.807, 2.05) is 12.1 Å². The third kappa shape index (κ3) is 5.80. The number of hydrogen-bond acceptors (Lipinski definition) is 6. The van der Waals surface area contributed by atoms with Gasteiger partial charge in [-0.1, -0.05) is 60.7 Å². The Balaban J connectivity index is 1.88. The van der Waals surface area contributed by atoms with Crippen molar-refractivity contribution in [2.45, 2.75) is 12.7 Å². The molecule has 0 aliphatic carbocycles. The SMILES string of the molecule is OCCC(OOB(O)c1ccccc1)OB(O)c1ccccc1. The lowest BCUT2D eigenvalue weighted by molar-refractivity contribution is -0.312. The summed E-state index contributed by atoms with van der Waals surface area (Å²) in [6.07, 6.45) is -0.959. The Labute approximate surface area is 135 Å². The average molecular weight is 316 g/mol. The van der Waals surface area contributed by atoms with Crippen molar-refractivity contribution in [1.29, 1.82) is 0 Å². The topological polar surface area (TPSA) is 88.4 Å². The lowest BCUT2D eigenvalue weighted by Gasteiger charge is -2.19. The summed E-state index contributed by atoms with van der Waals surface area (Å²) in [6.45, 7) is -0.225. The quantitative estimate of drug-likeness (QED) is 0.249. The van der Waals surface area contributed by atoms with Crippen molar-refractivity contribution in [1.82, 2.24) is 0 Å². The highest BCUT2D eigenvalue weighted by atomic mass is 17.2. The molecule has 0 spiro atoms. The molecule has 0 amide bonds. The Kier molecular flexibility index (Phi) is 7.28. The van der Waals surface area contributed by atoms with Crippen LogP contribution in [0.15, 0.2) is 60.7 Å². The average Bonchev–Trinajstić information content (AvgIpc) is 2.61. The van der Waals surface area contributed by atoms with Gasteiger partial charge in [0.2, 0.25) is 0 Å². The molecule has 2 rings (SSSR count). The molecule has 23 heavy (non-hydrogen) atoms. The van der Waals surface area contributed by atoms with Crippen molar-refractivity contribution < 1.29 is 29.5 Å². The number of hydrogen-bond donors (Lipinski definition) is 3. The first kappa shape index (κ1) is 17.7. The second kappa shape index (κ2) is 9.46. The van der Waals surface area contributed by atoms with E-state index in [4.69, 9.17) is 19.5 Å². The molecule has 0 aliphatic heterocycles. The normalized spacial score (nSPS) is 12.0. The first-order chi connectivity index (χ1) is 11.2. The van der Waals surface area contributed by atoms with E-state index < -0.39 is 20.5 Å². The van der Waals surface area contributed by atoms with E-state index in [1.54, 1.807) is 48.5 Å². The van der Waals surface area contributed by atoms with Crippen LogP contribution in [0, 0.1) is 0 Å². The molecule has 1 unspecified atom stereocenters. The van der Waals surface area contributed by atoms with Crippen LogP contribution in [0.3, 0.4) is 0 Å². The maximum Gasteiger partial charge on any atom is 0.523 e. The maximum atomic E-state index is 10.00. The third-order valence-corrected chi connectivity index (χ3v) is 3.07. The molecule has 6 nitrogen and oxygen atoms in total. The van der Waals surface area contributed by atoms with Crippen LogP contribution in [0.25, 0.3) is 0 Å². The van der Waals surface area contributed by atoms with Gasteiger partial charge < -0.3 is 19.8 Å². The molecule has 120 valence electrons. The molecule has 0 heterocycles. The van der Waals surface area contributed by atoms with Crippen LogP contribution < -0.4 is 10.9 Å². The summed E-state index contributed by atoms with van der Waals surface area (Å²) in [5, 5.41) is 28.9. The standard InChI is InChI=1S/C15H18B2O6/c18-12-11-15(21-16(19)13-7-3-1-4-8-13)22-23-17(20)14-9-5-2-6-10-14/h1-10,15,18-20H,11-12H2. The van der Waals surface area contributed by atoms with Gasteiger partial charge in [0.05, 0.1) is 0 Å². The molecule has 0 radical (unpaired) electrons. The summed E-state index contributed by atoms with van der Waals surface area (Å²) in [5.74, 6) is 0. The predicted octanol–water partition coefficient (Wildman–Crippen LogP) is -0.565. The second-order valence-corrected chi connectivity index (χ2v) is 4.80. The van der Waals surface area contributed by atoms with Gasteiger partial charge in [0, 0.05) is 13.0 Å². The van der Waals surface area contributed by atoms with Crippen LogP contribution in [0.5, 0.6) is 0 Å². The van der Waals surface area contributed by atoms with E-state index in [0.29, 0.717) is 10.9 Å². The summed E-state index contributed by atoms with van der Waals surface area (Å²) in [4.78, 5) is 9.89.